The Morgan fingerprint density at radius 3 is 2.44 bits per heavy atom. The van der Waals surface area contributed by atoms with Crippen LogP contribution in [0.5, 0.6) is 0 Å². The van der Waals surface area contributed by atoms with Crippen LogP contribution in [0, 0.1) is 5.92 Å². The molecular weight excluding hydrogens is 334 g/mol. The van der Waals surface area contributed by atoms with Gasteiger partial charge >= 0.3 is 12.0 Å². The number of aliphatic carboxylic acids is 1. The highest BCUT2D eigenvalue weighted by Crippen LogP contribution is 2.23. The van der Waals surface area contributed by atoms with E-state index < -0.39 is 36.2 Å². The summed E-state index contributed by atoms with van der Waals surface area (Å²) in [5, 5.41) is 35.9. The first-order valence-corrected chi connectivity index (χ1v) is 7.89. The zero-order chi connectivity index (χ0) is 19.1. The molecule has 1 aromatic rings. The molecule has 0 radical (unpaired) electrons. The number of nitrogens with two attached hydrogens (primary N) is 1. The minimum absolute atomic E-state index is 0.0901. The standard InChI is InChI=1S/C14H25N5O6/c1-4-6(2)9(12-18-11(19-25-12)8(15)5-20)16-14(24)17-10(7(3)21)13(22)23/h6-10,20-21H,4-5,15H2,1-3H3,(H,22,23)(H2,16,17,24)/t6?,7?,8-,9-,10-/m0/s1. The van der Waals surface area contributed by atoms with Crippen molar-refractivity contribution in [1.82, 2.24) is 20.8 Å². The average molecular weight is 359 g/mol. The number of carboxylic acid groups (broad SMARTS) is 1. The number of hydrogen-bond donors (Lipinski definition) is 6. The molecule has 2 unspecified atom stereocenters. The van der Waals surface area contributed by atoms with Crippen LogP contribution in [0.1, 0.15) is 51.0 Å². The maximum absolute atomic E-state index is 12.1. The Bertz CT molecular complexity index is 578. The molecule has 0 aliphatic heterocycles. The Balaban J connectivity index is 2.91. The molecule has 142 valence electrons. The van der Waals surface area contributed by atoms with E-state index in [0.717, 1.165) is 0 Å². The van der Waals surface area contributed by atoms with E-state index in [0.29, 0.717) is 6.42 Å². The van der Waals surface area contributed by atoms with Crippen LogP contribution in [0.4, 0.5) is 4.79 Å². The third-order valence-corrected chi connectivity index (χ3v) is 3.79. The van der Waals surface area contributed by atoms with Crippen LogP contribution in [-0.2, 0) is 4.79 Å². The van der Waals surface area contributed by atoms with Gasteiger partial charge in [-0.15, -0.1) is 0 Å². The summed E-state index contributed by atoms with van der Waals surface area (Å²) >= 11 is 0. The molecule has 2 amide bonds. The van der Waals surface area contributed by atoms with Crippen LogP contribution in [-0.4, -0.2) is 56.2 Å². The maximum atomic E-state index is 12.1. The number of aliphatic hydroxyl groups excluding tert-OH is 2. The number of nitrogens with zero attached hydrogens (tertiary/aromatic N) is 2. The van der Waals surface area contributed by atoms with E-state index in [1.165, 1.54) is 6.92 Å². The van der Waals surface area contributed by atoms with Gasteiger partial charge in [0.25, 0.3) is 0 Å². The number of urea groups is 1. The number of aromatic nitrogens is 2. The molecule has 0 fully saturated rings. The fraction of sp³-hybridized carbons (Fsp3) is 0.714. The van der Waals surface area contributed by atoms with Gasteiger partial charge in [-0.2, -0.15) is 4.98 Å². The number of nitrogens with one attached hydrogen (secondary N) is 2. The smallest absolute Gasteiger partial charge is 0.328 e. The summed E-state index contributed by atoms with van der Waals surface area (Å²) in [7, 11) is 0. The number of carboxylic acids is 1. The van der Waals surface area contributed by atoms with Gasteiger partial charge in [-0.1, -0.05) is 25.4 Å². The number of carbonyl (C=O) groups is 2. The number of carbonyl (C=O) groups excluding carboxylic acids is 1. The second-order valence-electron chi connectivity index (χ2n) is 5.82. The Morgan fingerprint density at radius 2 is 1.96 bits per heavy atom. The van der Waals surface area contributed by atoms with Crippen LogP contribution in [0.2, 0.25) is 0 Å². The lowest BCUT2D eigenvalue weighted by atomic mass is 9.99. The van der Waals surface area contributed by atoms with Crippen molar-refractivity contribution >= 4 is 12.0 Å². The lowest BCUT2D eigenvalue weighted by molar-refractivity contribution is -0.141. The second kappa shape index (κ2) is 9.30. The normalized spacial score (nSPS) is 17.2. The monoisotopic (exact) mass is 359 g/mol. The van der Waals surface area contributed by atoms with E-state index in [4.69, 9.17) is 20.5 Å². The van der Waals surface area contributed by atoms with Crippen molar-refractivity contribution in [2.24, 2.45) is 11.7 Å². The molecule has 0 aliphatic rings. The molecule has 25 heavy (non-hydrogen) atoms. The summed E-state index contributed by atoms with van der Waals surface area (Å²) in [5.41, 5.74) is 5.62. The minimum atomic E-state index is -1.46. The summed E-state index contributed by atoms with van der Waals surface area (Å²) in [5.74, 6) is -1.29. The highest BCUT2D eigenvalue weighted by Gasteiger charge is 2.30. The summed E-state index contributed by atoms with van der Waals surface area (Å²) in [6.07, 6.45) is -0.615. The number of hydrogen-bond acceptors (Lipinski definition) is 8. The first kappa shape index (κ1) is 20.8. The van der Waals surface area contributed by atoms with Crippen molar-refractivity contribution in [1.29, 1.82) is 0 Å². The summed E-state index contributed by atoms with van der Waals surface area (Å²) in [4.78, 5) is 27.2. The van der Waals surface area contributed by atoms with Gasteiger partial charge in [-0.3, -0.25) is 0 Å². The largest absolute Gasteiger partial charge is 0.480 e. The highest BCUT2D eigenvalue weighted by molar-refractivity contribution is 5.83. The van der Waals surface area contributed by atoms with Gasteiger partial charge in [0, 0.05) is 0 Å². The second-order valence-corrected chi connectivity index (χ2v) is 5.82. The third-order valence-electron chi connectivity index (χ3n) is 3.79. The number of amides is 2. The fourth-order valence-electron chi connectivity index (χ4n) is 2.00. The molecule has 0 saturated heterocycles. The van der Waals surface area contributed by atoms with Gasteiger partial charge in [0.2, 0.25) is 5.89 Å². The predicted octanol–water partition coefficient (Wildman–Crippen LogP) is -0.718. The van der Waals surface area contributed by atoms with Gasteiger partial charge in [0.1, 0.15) is 6.04 Å². The Kier molecular flexibility index (Phi) is 7.74. The summed E-state index contributed by atoms with van der Waals surface area (Å²) in [6.45, 7) is 4.62. The van der Waals surface area contributed by atoms with Gasteiger partial charge in [-0.05, 0) is 12.8 Å². The Morgan fingerprint density at radius 1 is 1.32 bits per heavy atom. The molecule has 5 atom stereocenters. The summed E-state index contributed by atoms with van der Waals surface area (Å²) < 4.78 is 5.11. The van der Waals surface area contributed by atoms with Gasteiger partial charge in [0.15, 0.2) is 11.9 Å². The molecule has 11 heteroatoms. The Labute approximate surface area is 144 Å². The lowest BCUT2D eigenvalue weighted by Gasteiger charge is -2.23. The molecule has 0 aliphatic carbocycles. The first-order valence-electron chi connectivity index (χ1n) is 7.89. The molecule has 7 N–H and O–H groups in total. The van der Waals surface area contributed by atoms with E-state index >= 15 is 0 Å². The predicted molar refractivity (Wildman–Crippen MR) is 85.3 cm³/mol. The summed E-state index contributed by atoms with van der Waals surface area (Å²) in [6, 6.07) is -3.76. The topological polar surface area (TPSA) is 184 Å². The number of aliphatic hydroxyl groups is 2. The van der Waals surface area contributed by atoms with E-state index in [1.54, 1.807) is 0 Å². The van der Waals surface area contributed by atoms with Crippen LogP contribution in [0.15, 0.2) is 4.52 Å². The van der Waals surface area contributed by atoms with E-state index in [-0.39, 0.29) is 24.2 Å². The van der Waals surface area contributed by atoms with Crippen molar-refractivity contribution in [3.63, 3.8) is 0 Å². The van der Waals surface area contributed by atoms with Crippen LogP contribution < -0.4 is 16.4 Å². The van der Waals surface area contributed by atoms with Crippen LogP contribution in [0.25, 0.3) is 0 Å². The molecule has 11 nitrogen and oxygen atoms in total. The fourth-order valence-corrected chi connectivity index (χ4v) is 2.00. The third kappa shape index (κ3) is 5.66. The molecule has 1 rings (SSSR count). The van der Waals surface area contributed by atoms with E-state index in [9.17, 15) is 14.7 Å². The first-order chi connectivity index (χ1) is 11.7. The maximum Gasteiger partial charge on any atom is 0.328 e. The quantitative estimate of drug-likeness (QED) is 0.331. The van der Waals surface area contributed by atoms with Crippen LogP contribution in [0.3, 0.4) is 0 Å². The molecule has 0 aromatic carbocycles. The van der Waals surface area contributed by atoms with Crippen molar-refractivity contribution in [2.45, 2.75) is 51.4 Å². The highest BCUT2D eigenvalue weighted by atomic mass is 16.5. The minimum Gasteiger partial charge on any atom is -0.480 e. The van der Waals surface area contributed by atoms with E-state index in [1.807, 2.05) is 13.8 Å². The molecule has 0 bridgehead atoms. The van der Waals surface area contributed by atoms with Crippen LogP contribution >= 0.6 is 0 Å². The van der Waals surface area contributed by atoms with Gasteiger partial charge in [-0.25, -0.2) is 9.59 Å². The van der Waals surface area contributed by atoms with Gasteiger partial charge < -0.3 is 36.2 Å². The Hall–Kier alpha value is -2.24. The molecular formula is C14H25N5O6. The lowest BCUT2D eigenvalue weighted by Crippen LogP contribution is -2.52. The molecule has 1 aromatic heterocycles. The van der Waals surface area contributed by atoms with E-state index in [2.05, 4.69) is 20.8 Å². The van der Waals surface area contributed by atoms with Crippen molar-refractivity contribution in [3.8, 4) is 0 Å². The molecule has 1 heterocycles. The number of rotatable bonds is 9. The van der Waals surface area contributed by atoms with Crippen molar-refractivity contribution < 1.29 is 29.4 Å². The zero-order valence-corrected chi connectivity index (χ0v) is 14.3. The SMILES string of the molecule is CCC(C)[C@H](NC(=O)N[C@H](C(=O)O)C(C)O)c1nc([C@@H](N)CO)no1. The zero-order valence-electron chi connectivity index (χ0n) is 14.3. The molecule has 0 spiro atoms. The molecule has 0 saturated carbocycles. The van der Waals surface area contributed by atoms with Crippen molar-refractivity contribution in [2.75, 3.05) is 6.61 Å². The van der Waals surface area contributed by atoms with Crippen molar-refractivity contribution in [3.05, 3.63) is 11.7 Å². The van der Waals surface area contributed by atoms with Gasteiger partial charge in [0.05, 0.1) is 18.8 Å². The average Bonchev–Trinajstić information content (AvgIpc) is 3.05.